The lowest BCUT2D eigenvalue weighted by molar-refractivity contribution is -0.117. The molecule has 132 valence electrons. The highest BCUT2D eigenvalue weighted by molar-refractivity contribution is 7.81. The minimum atomic E-state index is -0.0589. The Morgan fingerprint density at radius 1 is 1.15 bits per heavy atom. The number of methoxy groups -OCH3 is 1. The van der Waals surface area contributed by atoms with Crippen molar-refractivity contribution in [2.75, 3.05) is 23.5 Å². The molecule has 3 rings (SSSR count). The number of hydrogen-bond donors (Lipinski definition) is 0. The summed E-state index contributed by atoms with van der Waals surface area (Å²) in [5.41, 5.74) is 3.15. The van der Waals surface area contributed by atoms with Gasteiger partial charge in [0.2, 0.25) is 5.91 Å². The van der Waals surface area contributed by atoms with Crippen LogP contribution in [0.5, 0.6) is 5.75 Å². The van der Waals surface area contributed by atoms with Gasteiger partial charge in [-0.15, -0.1) is 0 Å². The van der Waals surface area contributed by atoms with Gasteiger partial charge in [-0.3, -0.25) is 9.69 Å². The van der Waals surface area contributed by atoms with Crippen molar-refractivity contribution in [3.8, 4) is 11.8 Å². The van der Waals surface area contributed by atoms with Gasteiger partial charge in [-0.1, -0.05) is 17.7 Å². The van der Waals surface area contributed by atoms with Crippen molar-refractivity contribution >= 4 is 34.6 Å². The zero-order valence-corrected chi connectivity index (χ0v) is 15.5. The summed E-state index contributed by atoms with van der Waals surface area (Å²) in [5.74, 6) is 0.364. The summed E-state index contributed by atoms with van der Waals surface area (Å²) < 4.78 is 5.28. The molecule has 0 saturated carbocycles. The average molecular weight is 365 g/mol. The maximum atomic E-state index is 12.7. The zero-order chi connectivity index (χ0) is 18.7. The third kappa shape index (κ3) is 3.39. The first-order valence-corrected chi connectivity index (χ1v) is 8.75. The normalized spacial score (nSPS) is 14.8. The van der Waals surface area contributed by atoms with E-state index >= 15 is 0 Å². The predicted octanol–water partition coefficient (Wildman–Crippen LogP) is 3.79. The lowest BCUT2D eigenvalue weighted by atomic mass is 10.2. The van der Waals surface area contributed by atoms with Gasteiger partial charge in [-0.05, 0) is 49.8 Å². The summed E-state index contributed by atoms with van der Waals surface area (Å²) in [4.78, 5) is 16.2. The van der Waals surface area contributed by atoms with E-state index in [0.29, 0.717) is 35.1 Å². The minimum Gasteiger partial charge on any atom is -0.495 e. The molecule has 1 fully saturated rings. The van der Waals surface area contributed by atoms with Crippen LogP contribution in [0.25, 0.3) is 0 Å². The number of anilines is 2. The van der Waals surface area contributed by atoms with E-state index in [9.17, 15) is 4.79 Å². The highest BCUT2D eigenvalue weighted by Crippen LogP contribution is 2.29. The second kappa shape index (κ2) is 7.54. The first-order valence-electron chi connectivity index (χ1n) is 8.34. The Labute approximate surface area is 158 Å². The van der Waals surface area contributed by atoms with Gasteiger partial charge in [-0.25, -0.2) is 0 Å². The van der Waals surface area contributed by atoms with Crippen LogP contribution in [0.3, 0.4) is 0 Å². The van der Waals surface area contributed by atoms with Crippen LogP contribution in [0.15, 0.2) is 42.5 Å². The highest BCUT2D eigenvalue weighted by atomic mass is 32.1. The standard InChI is InChI=1S/C20H19N3O2S/c1-14-5-8-16(9-6-14)22-11-3-4-19(24)23(20(22)26)17-10-7-15(13-21)18(12-17)25-2/h5-10,12H,3-4,11H2,1-2H3. The van der Waals surface area contributed by atoms with Crippen LogP contribution < -0.4 is 14.5 Å². The van der Waals surface area contributed by atoms with Crippen molar-refractivity contribution in [2.24, 2.45) is 0 Å². The zero-order valence-electron chi connectivity index (χ0n) is 14.7. The van der Waals surface area contributed by atoms with E-state index in [0.717, 1.165) is 12.1 Å². The summed E-state index contributed by atoms with van der Waals surface area (Å²) in [7, 11) is 1.50. The van der Waals surface area contributed by atoms with Crippen LogP contribution in [0.1, 0.15) is 24.0 Å². The number of amides is 1. The van der Waals surface area contributed by atoms with E-state index in [4.69, 9.17) is 22.2 Å². The Morgan fingerprint density at radius 3 is 2.50 bits per heavy atom. The highest BCUT2D eigenvalue weighted by Gasteiger charge is 2.29. The first kappa shape index (κ1) is 17.9. The van der Waals surface area contributed by atoms with Crippen LogP contribution >= 0.6 is 12.2 Å². The predicted molar refractivity (Wildman–Crippen MR) is 106 cm³/mol. The SMILES string of the molecule is COc1cc(N2C(=O)CCCN(c3ccc(C)cc3)C2=S)ccc1C#N. The molecule has 1 amide bonds. The summed E-state index contributed by atoms with van der Waals surface area (Å²) in [6.45, 7) is 2.71. The van der Waals surface area contributed by atoms with E-state index in [2.05, 4.69) is 6.07 Å². The van der Waals surface area contributed by atoms with Gasteiger partial charge in [-0.2, -0.15) is 5.26 Å². The number of carbonyl (C=O) groups is 1. The molecule has 0 unspecified atom stereocenters. The van der Waals surface area contributed by atoms with Crippen LogP contribution in [0, 0.1) is 18.3 Å². The van der Waals surface area contributed by atoms with Gasteiger partial charge >= 0.3 is 0 Å². The van der Waals surface area contributed by atoms with Crippen LogP contribution in [0.4, 0.5) is 11.4 Å². The van der Waals surface area contributed by atoms with Crippen molar-refractivity contribution in [3.63, 3.8) is 0 Å². The molecule has 0 radical (unpaired) electrons. The van der Waals surface area contributed by atoms with Crippen molar-refractivity contribution in [1.29, 1.82) is 5.26 Å². The van der Waals surface area contributed by atoms with Gasteiger partial charge < -0.3 is 9.64 Å². The summed E-state index contributed by atoms with van der Waals surface area (Å²) in [5, 5.41) is 9.60. The molecule has 0 aliphatic carbocycles. The van der Waals surface area contributed by atoms with Crippen molar-refractivity contribution in [3.05, 3.63) is 53.6 Å². The van der Waals surface area contributed by atoms with Gasteiger partial charge in [0.05, 0.1) is 18.4 Å². The van der Waals surface area contributed by atoms with E-state index in [1.54, 1.807) is 18.2 Å². The topological polar surface area (TPSA) is 56.6 Å². The van der Waals surface area contributed by atoms with Gasteiger partial charge in [0.25, 0.3) is 0 Å². The van der Waals surface area contributed by atoms with E-state index in [1.807, 2.05) is 36.1 Å². The fourth-order valence-electron chi connectivity index (χ4n) is 2.95. The molecule has 0 atom stereocenters. The molecule has 0 spiro atoms. The first-order chi connectivity index (χ1) is 12.5. The number of benzene rings is 2. The number of aryl methyl sites for hydroxylation is 1. The maximum absolute atomic E-state index is 12.7. The second-order valence-electron chi connectivity index (χ2n) is 6.10. The average Bonchev–Trinajstić information content (AvgIpc) is 2.80. The molecule has 1 aliphatic heterocycles. The monoisotopic (exact) mass is 365 g/mol. The molecule has 0 bridgehead atoms. The largest absolute Gasteiger partial charge is 0.495 e. The minimum absolute atomic E-state index is 0.0589. The molecule has 6 heteroatoms. The van der Waals surface area contributed by atoms with E-state index in [-0.39, 0.29) is 5.91 Å². The molecule has 0 N–H and O–H groups in total. The fraction of sp³-hybridized carbons (Fsp3) is 0.250. The summed E-state index contributed by atoms with van der Waals surface area (Å²) in [6, 6.07) is 15.2. The number of carbonyl (C=O) groups excluding carboxylic acids is 1. The molecular weight excluding hydrogens is 346 g/mol. The quantitative estimate of drug-likeness (QED) is 0.775. The smallest absolute Gasteiger partial charge is 0.233 e. The molecule has 1 heterocycles. The lowest BCUT2D eigenvalue weighted by Gasteiger charge is -2.30. The Hall–Kier alpha value is -2.91. The lowest BCUT2D eigenvalue weighted by Crippen LogP contribution is -2.44. The third-order valence-corrected chi connectivity index (χ3v) is 4.76. The number of nitriles is 1. The number of nitrogens with zero attached hydrogens (tertiary/aromatic N) is 3. The molecule has 2 aromatic carbocycles. The van der Waals surface area contributed by atoms with Gasteiger partial charge in [0.15, 0.2) is 5.11 Å². The van der Waals surface area contributed by atoms with Crippen LogP contribution in [0.2, 0.25) is 0 Å². The molecule has 1 aliphatic rings. The number of hydrogen-bond acceptors (Lipinski definition) is 4. The molecule has 1 saturated heterocycles. The Balaban J connectivity index is 2.01. The Bertz CT molecular complexity index is 887. The Kier molecular flexibility index (Phi) is 5.19. The second-order valence-corrected chi connectivity index (χ2v) is 6.46. The number of ether oxygens (including phenoxy) is 1. The molecule has 26 heavy (non-hydrogen) atoms. The number of rotatable bonds is 3. The van der Waals surface area contributed by atoms with E-state index < -0.39 is 0 Å². The summed E-state index contributed by atoms with van der Waals surface area (Å²) >= 11 is 5.68. The van der Waals surface area contributed by atoms with Crippen LogP contribution in [-0.4, -0.2) is 24.7 Å². The van der Waals surface area contributed by atoms with Crippen LogP contribution in [-0.2, 0) is 4.79 Å². The summed E-state index contributed by atoms with van der Waals surface area (Å²) in [6.07, 6.45) is 1.13. The molecule has 0 aromatic heterocycles. The van der Waals surface area contributed by atoms with Gasteiger partial charge in [0.1, 0.15) is 11.8 Å². The molecule has 5 nitrogen and oxygen atoms in total. The van der Waals surface area contributed by atoms with Gasteiger partial charge in [0, 0.05) is 24.7 Å². The third-order valence-electron chi connectivity index (χ3n) is 4.35. The fourth-order valence-corrected chi connectivity index (χ4v) is 3.36. The van der Waals surface area contributed by atoms with Crippen molar-refractivity contribution < 1.29 is 9.53 Å². The Morgan fingerprint density at radius 2 is 1.85 bits per heavy atom. The van der Waals surface area contributed by atoms with E-state index in [1.165, 1.54) is 17.6 Å². The maximum Gasteiger partial charge on any atom is 0.233 e. The number of thiocarbonyl (C=S) groups is 1. The molecule has 2 aromatic rings. The van der Waals surface area contributed by atoms with Crippen molar-refractivity contribution in [2.45, 2.75) is 19.8 Å². The molecular formula is C20H19N3O2S. The van der Waals surface area contributed by atoms with Crippen molar-refractivity contribution in [1.82, 2.24) is 0 Å².